The minimum Gasteiger partial charge on any atom is -0.414 e. The summed E-state index contributed by atoms with van der Waals surface area (Å²) in [5.41, 5.74) is 9.95. The molecule has 0 saturated carbocycles. The number of anilines is 1. The van der Waals surface area contributed by atoms with Crippen LogP contribution in [-0.2, 0) is 16.1 Å². The van der Waals surface area contributed by atoms with Gasteiger partial charge >= 0.3 is 6.03 Å². The number of aliphatic imine (C=N–C) groups is 1. The van der Waals surface area contributed by atoms with Gasteiger partial charge in [-0.1, -0.05) is 36.8 Å². The van der Waals surface area contributed by atoms with Crippen LogP contribution in [0.15, 0.2) is 53.7 Å². The standard InChI is InChI=1S/C30H39N5O3/c1-22-20-25(34(3)29(31)37)21-23(2)26(22)14-19-38-35-17-15-30(16-18-35)28(36)32-27(33-30)13-9-5-8-12-24-10-6-4-7-11-24/h4,6-7,10-11,14,19-21H,5,8-9,12-13,15-18H2,1-3H3,(H2,31,37)(H,32,33,36)/b19-14+. The highest BCUT2D eigenvalue weighted by molar-refractivity contribution is 6.08. The van der Waals surface area contributed by atoms with Gasteiger partial charge in [-0.15, -0.1) is 5.06 Å². The van der Waals surface area contributed by atoms with Crippen LogP contribution in [0.1, 0.15) is 60.8 Å². The number of urea groups is 1. The molecule has 1 saturated heterocycles. The molecular formula is C30H39N5O3. The van der Waals surface area contributed by atoms with E-state index >= 15 is 0 Å². The molecule has 4 rings (SSSR count). The normalized spacial score (nSPS) is 17.0. The van der Waals surface area contributed by atoms with E-state index in [1.807, 2.05) is 43.2 Å². The number of nitrogens with zero attached hydrogens (tertiary/aromatic N) is 3. The SMILES string of the molecule is Cc1cc(N(C)C(N)=O)cc(C)c1/C=C/ON1CCC2(CC1)N=C(CCCCCc1ccccc1)NC2=O. The summed E-state index contributed by atoms with van der Waals surface area (Å²) < 4.78 is 0. The maximum atomic E-state index is 12.8. The Morgan fingerprint density at radius 1 is 1.11 bits per heavy atom. The molecule has 2 aromatic carbocycles. The second-order valence-corrected chi connectivity index (χ2v) is 10.3. The van der Waals surface area contributed by atoms with Crippen LogP contribution in [0.4, 0.5) is 10.5 Å². The second-order valence-electron chi connectivity index (χ2n) is 10.3. The molecule has 0 radical (unpaired) electrons. The van der Waals surface area contributed by atoms with Crippen molar-refractivity contribution in [3.05, 3.63) is 71.0 Å². The molecule has 2 heterocycles. The van der Waals surface area contributed by atoms with Crippen molar-refractivity contribution in [1.82, 2.24) is 10.4 Å². The van der Waals surface area contributed by atoms with Crippen molar-refractivity contribution < 1.29 is 14.4 Å². The molecule has 3 amide bonds. The molecule has 0 atom stereocenters. The van der Waals surface area contributed by atoms with Crippen LogP contribution in [0.25, 0.3) is 6.08 Å². The van der Waals surface area contributed by atoms with Crippen molar-refractivity contribution in [3.63, 3.8) is 0 Å². The molecule has 8 nitrogen and oxygen atoms in total. The van der Waals surface area contributed by atoms with Gasteiger partial charge in [0.1, 0.15) is 17.6 Å². The van der Waals surface area contributed by atoms with Gasteiger partial charge in [-0.2, -0.15) is 0 Å². The number of carbonyl (C=O) groups excluding carboxylic acids is 2. The Balaban J connectivity index is 1.23. The summed E-state index contributed by atoms with van der Waals surface area (Å²) in [5.74, 6) is 0.861. The van der Waals surface area contributed by atoms with Gasteiger partial charge < -0.3 is 15.9 Å². The van der Waals surface area contributed by atoms with Crippen LogP contribution in [0.5, 0.6) is 0 Å². The molecule has 0 bridgehead atoms. The van der Waals surface area contributed by atoms with Crippen molar-refractivity contribution in [2.24, 2.45) is 10.7 Å². The maximum absolute atomic E-state index is 12.8. The van der Waals surface area contributed by atoms with Gasteiger partial charge in [-0.3, -0.25) is 14.7 Å². The quantitative estimate of drug-likeness (QED) is 0.346. The number of hydroxylamine groups is 2. The van der Waals surface area contributed by atoms with Gasteiger partial charge in [-0.25, -0.2) is 4.79 Å². The van der Waals surface area contributed by atoms with Crippen molar-refractivity contribution in [2.75, 3.05) is 25.0 Å². The Morgan fingerprint density at radius 2 is 1.76 bits per heavy atom. The van der Waals surface area contributed by atoms with Crippen LogP contribution >= 0.6 is 0 Å². The first-order valence-corrected chi connectivity index (χ1v) is 13.4. The van der Waals surface area contributed by atoms with E-state index in [9.17, 15) is 9.59 Å². The number of nitrogens with one attached hydrogen (secondary N) is 1. The zero-order valence-corrected chi connectivity index (χ0v) is 22.7. The smallest absolute Gasteiger partial charge is 0.318 e. The van der Waals surface area contributed by atoms with E-state index in [4.69, 9.17) is 15.6 Å². The molecule has 2 aromatic rings. The van der Waals surface area contributed by atoms with Crippen LogP contribution in [0.3, 0.4) is 0 Å². The largest absolute Gasteiger partial charge is 0.414 e. The fourth-order valence-corrected chi connectivity index (χ4v) is 5.17. The number of aryl methyl sites for hydroxylation is 3. The summed E-state index contributed by atoms with van der Waals surface area (Å²) in [4.78, 5) is 36.5. The number of rotatable bonds is 10. The van der Waals surface area contributed by atoms with Crippen LogP contribution in [-0.4, -0.2) is 48.5 Å². The minimum absolute atomic E-state index is 0.0271. The van der Waals surface area contributed by atoms with Crippen LogP contribution in [0.2, 0.25) is 0 Å². The van der Waals surface area contributed by atoms with E-state index in [2.05, 4.69) is 29.6 Å². The van der Waals surface area contributed by atoms with Gasteiger partial charge in [0.15, 0.2) is 0 Å². The van der Waals surface area contributed by atoms with Crippen LogP contribution in [0, 0.1) is 13.8 Å². The lowest BCUT2D eigenvalue weighted by atomic mass is 9.89. The first kappa shape index (κ1) is 27.4. The second kappa shape index (κ2) is 12.3. The third-order valence-electron chi connectivity index (χ3n) is 7.54. The molecule has 2 aliphatic heterocycles. The minimum atomic E-state index is -0.654. The summed E-state index contributed by atoms with van der Waals surface area (Å²) in [6.45, 7) is 5.25. The Kier molecular flexibility index (Phi) is 8.84. The summed E-state index contributed by atoms with van der Waals surface area (Å²) in [6, 6.07) is 13.9. The van der Waals surface area contributed by atoms with Crippen molar-refractivity contribution >= 4 is 29.5 Å². The molecule has 38 heavy (non-hydrogen) atoms. The number of carbonyl (C=O) groups is 2. The molecule has 8 heteroatoms. The Labute approximate surface area is 225 Å². The van der Waals surface area contributed by atoms with E-state index in [-0.39, 0.29) is 5.91 Å². The lowest BCUT2D eigenvalue weighted by Gasteiger charge is -2.33. The van der Waals surface area contributed by atoms with Gasteiger partial charge in [0.05, 0.1) is 0 Å². The molecule has 202 valence electrons. The molecule has 1 spiro atoms. The monoisotopic (exact) mass is 517 g/mol. The van der Waals surface area contributed by atoms with Gasteiger partial charge in [0, 0.05) is 32.2 Å². The molecule has 3 N–H and O–H groups in total. The van der Waals surface area contributed by atoms with Crippen LogP contribution < -0.4 is 16.0 Å². The number of primary amides is 1. The lowest BCUT2D eigenvalue weighted by molar-refractivity contribution is -0.139. The van der Waals surface area contributed by atoms with Gasteiger partial charge in [0.25, 0.3) is 5.91 Å². The molecule has 0 unspecified atom stereocenters. The highest BCUT2D eigenvalue weighted by Gasteiger charge is 2.45. The number of amidine groups is 1. The predicted octanol–water partition coefficient (Wildman–Crippen LogP) is 4.89. The first-order valence-electron chi connectivity index (χ1n) is 13.4. The maximum Gasteiger partial charge on any atom is 0.318 e. The van der Waals surface area contributed by atoms with E-state index < -0.39 is 11.6 Å². The number of hydrogen-bond donors (Lipinski definition) is 2. The Morgan fingerprint density at radius 3 is 2.42 bits per heavy atom. The summed E-state index contributed by atoms with van der Waals surface area (Å²) >= 11 is 0. The van der Waals surface area contributed by atoms with Gasteiger partial charge in [-0.05, 0) is 86.4 Å². The zero-order chi connectivity index (χ0) is 27.1. The predicted molar refractivity (Wildman–Crippen MR) is 152 cm³/mol. The van der Waals surface area contributed by atoms with Crippen molar-refractivity contribution in [2.45, 2.75) is 64.3 Å². The lowest BCUT2D eigenvalue weighted by Crippen LogP contribution is -2.48. The third kappa shape index (κ3) is 6.61. The van der Waals surface area contributed by atoms with E-state index in [1.165, 1.54) is 10.5 Å². The number of nitrogens with two attached hydrogens (primary N) is 1. The molecule has 0 aliphatic carbocycles. The molecular weight excluding hydrogens is 478 g/mol. The fourth-order valence-electron chi connectivity index (χ4n) is 5.17. The average Bonchev–Trinajstić information content (AvgIpc) is 3.20. The number of unbranched alkanes of at least 4 members (excludes halogenated alkanes) is 2. The van der Waals surface area contributed by atoms with Crippen molar-refractivity contribution in [3.8, 4) is 0 Å². The first-order chi connectivity index (χ1) is 18.3. The zero-order valence-electron chi connectivity index (χ0n) is 22.7. The molecule has 0 aromatic heterocycles. The highest BCUT2D eigenvalue weighted by Crippen LogP contribution is 2.31. The number of piperidine rings is 1. The van der Waals surface area contributed by atoms with E-state index in [0.717, 1.165) is 60.3 Å². The molecule has 1 fully saturated rings. The Bertz CT molecular complexity index is 1180. The summed E-state index contributed by atoms with van der Waals surface area (Å²) in [6.07, 6.45) is 10.1. The Hall–Kier alpha value is -3.65. The third-order valence-corrected chi connectivity index (χ3v) is 7.54. The van der Waals surface area contributed by atoms with E-state index in [1.54, 1.807) is 13.3 Å². The number of hydrogen-bond acceptors (Lipinski definition) is 5. The number of benzene rings is 2. The molecule has 2 aliphatic rings. The summed E-state index contributed by atoms with van der Waals surface area (Å²) in [7, 11) is 1.66. The van der Waals surface area contributed by atoms with Crippen molar-refractivity contribution in [1.29, 1.82) is 0 Å². The van der Waals surface area contributed by atoms with E-state index in [0.29, 0.717) is 25.9 Å². The van der Waals surface area contributed by atoms with Gasteiger partial charge in [0.2, 0.25) is 0 Å². The number of amides is 3. The highest BCUT2D eigenvalue weighted by atomic mass is 16.7. The fraction of sp³-hybridized carbons (Fsp3) is 0.433. The topological polar surface area (TPSA) is 100 Å². The summed E-state index contributed by atoms with van der Waals surface area (Å²) in [5, 5.41) is 4.92. The average molecular weight is 518 g/mol.